The second-order valence-corrected chi connectivity index (χ2v) is 5.04. The van der Waals surface area contributed by atoms with Crippen LogP contribution in [0.1, 0.15) is 17.5 Å². The van der Waals surface area contributed by atoms with Gasteiger partial charge in [0.1, 0.15) is 0 Å². The highest BCUT2D eigenvalue weighted by Crippen LogP contribution is 2.11. The highest BCUT2D eigenvalue weighted by Gasteiger charge is 2.25. The van der Waals surface area contributed by atoms with Gasteiger partial charge in [-0.1, -0.05) is 29.8 Å². The summed E-state index contributed by atoms with van der Waals surface area (Å²) in [6.07, 6.45) is 1.33. The van der Waals surface area contributed by atoms with Gasteiger partial charge in [0.2, 0.25) is 5.91 Å². The molecule has 1 atom stereocenters. The van der Waals surface area contributed by atoms with Crippen LogP contribution in [0.15, 0.2) is 24.3 Å². The molecule has 104 valence electrons. The van der Waals surface area contributed by atoms with Crippen LogP contribution < -0.4 is 5.73 Å². The number of carbonyl (C=O) groups is 1. The monoisotopic (exact) mass is 262 g/mol. The van der Waals surface area contributed by atoms with Crippen molar-refractivity contribution in [2.45, 2.75) is 25.8 Å². The predicted molar refractivity (Wildman–Crippen MR) is 74.9 cm³/mol. The number of nitrogens with zero attached hydrogens (tertiary/aromatic N) is 1. The maximum Gasteiger partial charge on any atom is 0.223 e. The first-order valence-electron chi connectivity index (χ1n) is 6.83. The first-order chi connectivity index (χ1) is 9.20. The van der Waals surface area contributed by atoms with E-state index < -0.39 is 0 Å². The Morgan fingerprint density at radius 1 is 1.42 bits per heavy atom. The summed E-state index contributed by atoms with van der Waals surface area (Å²) in [6.45, 7) is 4.37. The lowest BCUT2D eigenvalue weighted by atomic mass is 10.1. The zero-order chi connectivity index (χ0) is 13.7. The number of morpholine rings is 1. The van der Waals surface area contributed by atoms with Crippen molar-refractivity contribution in [1.82, 2.24) is 4.90 Å². The van der Waals surface area contributed by atoms with Gasteiger partial charge in [0.15, 0.2) is 0 Å². The number of nitrogens with two attached hydrogens (primary N) is 1. The second kappa shape index (κ2) is 6.68. The van der Waals surface area contributed by atoms with Crippen molar-refractivity contribution in [2.75, 3.05) is 26.3 Å². The Balaban J connectivity index is 1.87. The van der Waals surface area contributed by atoms with E-state index in [9.17, 15) is 4.79 Å². The minimum atomic E-state index is 0.0410. The summed E-state index contributed by atoms with van der Waals surface area (Å²) < 4.78 is 5.36. The molecule has 0 radical (unpaired) electrons. The van der Waals surface area contributed by atoms with Crippen LogP contribution in [0.4, 0.5) is 0 Å². The van der Waals surface area contributed by atoms with E-state index in [2.05, 4.69) is 31.2 Å². The Bertz CT molecular complexity index is 417. The van der Waals surface area contributed by atoms with Crippen LogP contribution in [0, 0.1) is 6.92 Å². The Morgan fingerprint density at radius 3 is 2.84 bits per heavy atom. The summed E-state index contributed by atoms with van der Waals surface area (Å²) >= 11 is 0. The topological polar surface area (TPSA) is 55.6 Å². The summed E-state index contributed by atoms with van der Waals surface area (Å²) in [7, 11) is 0. The third-order valence-electron chi connectivity index (χ3n) is 3.57. The maximum absolute atomic E-state index is 12.2. The molecule has 4 nitrogen and oxygen atoms in total. The number of ether oxygens (including phenoxy) is 1. The number of hydrogen-bond donors (Lipinski definition) is 1. The van der Waals surface area contributed by atoms with E-state index in [4.69, 9.17) is 10.5 Å². The van der Waals surface area contributed by atoms with Crippen molar-refractivity contribution < 1.29 is 9.53 Å². The molecule has 1 aromatic carbocycles. The van der Waals surface area contributed by atoms with Gasteiger partial charge < -0.3 is 15.4 Å². The molecule has 0 saturated carbocycles. The Hall–Kier alpha value is -1.39. The highest BCUT2D eigenvalue weighted by molar-refractivity contribution is 5.77. The number of rotatable bonds is 4. The lowest BCUT2D eigenvalue weighted by molar-refractivity contribution is -0.139. The second-order valence-electron chi connectivity index (χ2n) is 5.04. The molecule has 19 heavy (non-hydrogen) atoms. The Labute approximate surface area is 114 Å². The number of carbonyl (C=O) groups excluding carboxylic acids is 1. The minimum Gasteiger partial charge on any atom is -0.377 e. The molecular formula is C15H22N2O2. The average molecular weight is 262 g/mol. The van der Waals surface area contributed by atoms with Gasteiger partial charge in [0.05, 0.1) is 19.3 Å². The van der Waals surface area contributed by atoms with Crippen LogP contribution in [0.2, 0.25) is 0 Å². The van der Waals surface area contributed by atoms with Gasteiger partial charge in [-0.2, -0.15) is 0 Å². The van der Waals surface area contributed by atoms with Crippen molar-refractivity contribution in [3.63, 3.8) is 0 Å². The van der Waals surface area contributed by atoms with Crippen molar-refractivity contribution in [3.05, 3.63) is 35.4 Å². The standard InChI is InChI=1S/C15H22N2O2/c1-12-2-4-13(5-3-12)6-7-15(18)17-8-9-19-11-14(17)10-16/h2-5,14H,6-11,16H2,1H3. The molecule has 1 fully saturated rings. The summed E-state index contributed by atoms with van der Waals surface area (Å²) in [5, 5.41) is 0. The lowest BCUT2D eigenvalue weighted by Gasteiger charge is -2.35. The Morgan fingerprint density at radius 2 is 2.16 bits per heavy atom. The van der Waals surface area contributed by atoms with E-state index in [1.807, 2.05) is 4.90 Å². The number of amides is 1. The molecule has 1 heterocycles. The van der Waals surface area contributed by atoms with Crippen LogP contribution in [-0.2, 0) is 16.0 Å². The van der Waals surface area contributed by atoms with E-state index in [1.54, 1.807) is 0 Å². The quantitative estimate of drug-likeness (QED) is 0.884. The molecule has 0 aromatic heterocycles. The fourth-order valence-electron chi connectivity index (χ4n) is 2.33. The van der Waals surface area contributed by atoms with E-state index in [1.165, 1.54) is 11.1 Å². The van der Waals surface area contributed by atoms with E-state index >= 15 is 0 Å². The molecule has 0 spiro atoms. The average Bonchev–Trinajstić information content (AvgIpc) is 2.46. The van der Waals surface area contributed by atoms with Crippen LogP contribution >= 0.6 is 0 Å². The third kappa shape index (κ3) is 3.78. The first-order valence-corrected chi connectivity index (χ1v) is 6.83. The third-order valence-corrected chi connectivity index (χ3v) is 3.57. The van der Waals surface area contributed by atoms with Gasteiger partial charge >= 0.3 is 0 Å². The van der Waals surface area contributed by atoms with Crippen LogP contribution in [0.5, 0.6) is 0 Å². The molecule has 1 saturated heterocycles. The van der Waals surface area contributed by atoms with Crippen LogP contribution in [0.3, 0.4) is 0 Å². The Kier molecular flexibility index (Phi) is 4.93. The zero-order valence-electron chi connectivity index (χ0n) is 11.5. The summed E-state index contributed by atoms with van der Waals surface area (Å²) in [4.78, 5) is 14.1. The van der Waals surface area contributed by atoms with Gasteiger partial charge in [0.25, 0.3) is 0 Å². The predicted octanol–water partition coefficient (Wildman–Crippen LogP) is 1.11. The number of benzene rings is 1. The molecule has 2 N–H and O–H groups in total. The molecule has 0 aliphatic carbocycles. The summed E-state index contributed by atoms with van der Waals surface area (Å²) in [5.41, 5.74) is 8.13. The highest BCUT2D eigenvalue weighted by atomic mass is 16.5. The molecule has 0 bridgehead atoms. The van der Waals surface area contributed by atoms with Crippen molar-refractivity contribution in [2.24, 2.45) is 5.73 Å². The van der Waals surface area contributed by atoms with Gasteiger partial charge in [-0.25, -0.2) is 0 Å². The van der Waals surface area contributed by atoms with Gasteiger partial charge in [0, 0.05) is 19.5 Å². The molecule has 1 unspecified atom stereocenters. The SMILES string of the molecule is Cc1ccc(CCC(=O)N2CCOCC2CN)cc1. The van der Waals surface area contributed by atoms with Crippen LogP contribution in [0.25, 0.3) is 0 Å². The molecular weight excluding hydrogens is 240 g/mol. The van der Waals surface area contributed by atoms with Gasteiger partial charge in [-0.05, 0) is 18.9 Å². The minimum absolute atomic E-state index is 0.0410. The van der Waals surface area contributed by atoms with Gasteiger partial charge in [-0.3, -0.25) is 4.79 Å². The molecule has 1 aliphatic rings. The smallest absolute Gasteiger partial charge is 0.223 e. The van der Waals surface area contributed by atoms with Crippen molar-refractivity contribution in [3.8, 4) is 0 Å². The molecule has 1 aromatic rings. The van der Waals surface area contributed by atoms with E-state index in [0.29, 0.717) is 32.7 Å². The summed E-state index contributed by atoms with van der Waals surface area (Å²) in [5.74, 6) is 0.180. The fourth-order valence-corrected chi connectivity index (χ4v) is 2.33. The normalized spacial score (nSPS) is 19.5. The van der Waals surface area contributed by atoms with Gasteiger partial charge in [-0.15, -0.1) is 0 Å². The largest absolute Gasteiger partial charge is 0.377 e. The number of aryl methyl sites for hydroxylation is 2. The lowest BCUT2D eigenvalue weighted by Crippen LogP contribution is -2.52. The van der Waals surface area contributed by atoms with Crippen LogP contribution in [-0.4, -0.2) is 43.2 Å². The maximum atomic E-state index is 12.2. The molecule has 1 aliphatic heterocycles. The fraction of sp³-hybridized carbons (Fsp3) is 0.533. The number of hydrogen-bond acceptors (Lipinski definition) is 3. The van der Waals surface area contributed by atoms with Crippen molar-refractivity contribution in [1.29, 1.82) is 0 Å². The first kappa shape index (κ1) is 14.0. The van der Waals surface area contributed by atoms with Crippen molar-refractivity contribution >= 4 is 5.91 Å². The zero-order valence-corrected chi connectivity index (χ0v) is 11.5. The molecule has 1 amide bonds. The summed E-state index contributed by atoms with van der Waals surface area (Å²) in [6, 6.07) is 8.37. The molecule has 4 heteroatoms. The molecule has 2 rings (SSSR count). The van der Waals surface area contributed by atoms with E-state index in [-0.39, 0.29) is 11.9 Å². The van der Waals surface area contributed by atoms with E-state index in [0.717, 1.165) is 6.42 Å².